The first-order valence-corrected chi connectivity index (χ1v) is 12.1. The van der Waals surface area contributed by atoms with Gasteiger partial charge in [-0.3, -0.25) is 8.97 Å². The first kappa shape index (κ1) is 31.0. The molecule has 6 nitrogen and oxygen atoms in total. The summed E-state index contributed by atoms with van der Waals surface area (Å²) >= 11 is 0. The fourth-order valence-corrected chi connectivity index (χ4v) is 4.06. The highest BCUT2D eigenvalue weighted by Gasteiger charge is 2.24. The van der Waals surface area contributed by atoms with Crippen molar-refractivity contribution in [3.8, 4) is 0 Å². The molecule has 6 heteroatoms. The number of carboxylic acids is 2. The Bertz CT molecular complexity index is 755. The minimum atomic E-state index is -1.55. The molecule has 2 rings (SSSR count). The van der Waals surface area contributed by atoms with Crippen molar-refractivity contribution >= 4 is 23.3 Å². The van der Waals surface area contributed by atoms with E-state index in [1.165, 1.54) is 50.6 Å². The Kier molecular flexibility index (Phi) is 15.2. The Hall–Kier alpha value is -2.96. The summed E-state index contributed by atoms with van der Waals surface area (Å²) in [6.45, 7) is 20.6. The lowest BCUT2D eigenvalue weighted by Gasteiger charge is -2.35. The Morgan fingerprint density at radius 2 is 0.794 bits per heavy atom. The van der Waals surface area contributed by atoms with E-state index in [-0.39, 0.29) is 0 Å². The summed E-state index contributed by atoms with van der Waals surface area (Å²) in [4.78, 5) is 18.8. The van der Waals surface area contributed by atoms with Crippen molar-refractivity contribution in [2.45, 2.75) is 41.5 Å². The highest BCUT2D eigenvalue weighted by Crippen LogP contribution is 2.22. The molecule has 0 saturated carbocycles. The van der Waals surface area contributed by atoms with Crippen LogP contribution in [0.2, 0.25) is 0 Å². The molecule has 0 N–H and O–H groups in total. The van der Waals surface area contributed by atoms with Crippen LogP contribution in [0.3, 0.4) is 0 Å². The molecule has 0 aliphatic heterocycles. The molecule has 0 unspecified atom stereocenters. The second-order valence-electron chi connectivity index (χ2n) is 7.83. The summed E-state index contributed by atoms with van der Waals surface area (Å²) in [5, 5.41) is 18.8. The van der Waals surface area contributed by atoms with E-state index in [1.54, 1.807) is 0 Å². The zero-order chi connectivity index (χ0) is 26.0. The van der Waals surface area contributed by atoms with Gasteiger partial charge < -0.3 is 19.8 Å². The van der Waals surface area contributed by atoms with Gasteiger partial charge in [0.2, 0.25) is 0 Å². The van der Waals surface area contributed by atoms with E-state index in [0.717, 1.165) is 8.97 Å². The lowest BCUT2D eigenvalue weighted by atomic mass is 10.2. The maximum atomic E-state index is 9.41. The predicted molar refractivity (Wildman–Crippen MR) is 139 cm³/mol. The van der Waals surface area contributed by atoms with Crippen molar-refractivity contribution < 1.29 is 19.8 Å². The Morgan fingerprint density at radius 3 is 0.971 bits per heavy atom. The van der Waals surface area contributed by atoms with Crippen molar-refractivity contribution in [2.75, 3.05) is 39.3 Å². The summed E-state index contributed by atoms with van der Waals surface area (Å²) in [5.74, 6) is -3.09. The van der Waals surface area contributed by atoms with Gasteiger partial charge in [0, 0.05) is 0 Å². The van der Waals surface area contributed by atoms with Gasteiger partial charge in [0.05, 0.1) is 51.2 Å². The number of carbonyl (C=O) groups is 2. The minimum absolute atomic E-state index is 0.384. The number of carboxylic acid groups (broad SMARTS) is 2. The van der Waals surface area contributed by atoms with Crippen LogP contribution in [0.1, 0.15) is 41.5 Å². The third kappa shape index (κ3) is 9.89. The fourth-order valence-electron chi connectivity index (χ4n) is 4.06. The van der Waals surface area contributed by atoms with Crippen LogP contribution in [0.5, 0.6) is 0 Å². The third-order valence-electron chi connectivity index (χ3n) is 6.60. The van der Waals surface area contributed by atoms with Gasteiger partial charge in [0.15, 0.2) is 0 Å². The molecule has 0 saturated heterocycles. The standard InChI is InChI=1S/2C12H20N.C4H4O4/c2*1-4-13(5-2,6-3)12-10-8-7-9-11-12;5-3(6)1-2-4(7)8/h2*7-11H,4-6H2,1-3H3;1-2H,(H,5,6)(H,7,8)/q2*+1;/p-2/b;;2-1-. The van der Waals surface area contributed by atoms with Crippen LogP contribution in [0.4, 0.5) is 11.4 Å². The molecule has 0 radical (unpaired) electrons. The monoisotopic (exact) mass is 470 g/mol. The topological polar surface area (TPSA) is 80.3 Å². The highest BCUT2D eigenvalue weighted by atomic mass is 16.4. The van der Waals surface area contributed by atoms with Gasteiger partial charge in [-0.1, -0.05) is 36.4 Å². The molecule has 0 fully saturated rings. The van der Waals surface area contributed by atoms with E-state index in [1.807, 2.05) is 0 Å². The molecule has 2 aromatic carbocycles. The van der Waals surface area contributed by atoms with E-state index in [4.69, 9.17) is 0 Å². The van der Waals surface area contributed by atoms with Crippen LogP contribution >= 0.6 is 0 Å². The number of hydrogen-bond donors (Lipinski definition) is 0. The number of hydrogen-bond acceptors (Lipinski definition) is 4. The van der Waals surface area contributed by atoms with Crippen molar-refractivity contribution in [3.05, 3.63) is 72.8 Å². The highest BCUT2D eigenvalue weighted by molar-refractivity contribution is 5.87. The van der Waals surface area contributed by atoms with Crippen LogP contribution in [-0.4, -0.2) is 51.2 Å². The lowest BCUT2D eigenvalue weighted by Crippen LogP contribution is -2.48. The van der Waals surface area contributed by atoms with E-state index >= 15 is 0 Å². The van der Waals surface area contributed by atoms with E-state index in [9.17, 15) is 19.8 Å². The van der Waals surface area contributed by atoms with Gasteiger partial charge in [-0.2, -0.15) is 0 Å². The lowest BCUT2D eigenvalue weighted by molar-refractivity contribution is -0.301. The Morgan fingerprint density at radius 1 is 0.559 bits per heavy atom. The van der Waals surface area contributed by atoms with Gasteiger partial charge in [0.25, 0.3) is 0 Å². The van der Waals surface area contributed by atoms with E-state index < -0.39 is 11.9 Å². The molecule has 0 atom stereocenters. The molecular weight excluding hydrogens is 428 g/mol. The molecule has 0 aliphatic rings. The molecular formula is C28H42N2O4. The van der Waals surface area contributed by atoms with Gasteiger partial charge in [-0.05, 0) is 78.0 Å². The van der Waals surface area contributed by atoms with Crippen LogP contribution in [-0.2, 0) is 9.59 Å². The number of rotatable bonds is 10. The number of para-hydroxylation sites is 2. The van der Waals surface area contributed by atoms with Gasteiger partial charge in [-0.25, -0.2) is 0 Å². The molecule has 188 valence electrons. The van der Waals surface area contributed by atoms with Crippen molar-refractivity contribution in [1.29, 1.82) is 0 Å². The SMILES string of the molecule is CC[N+](CC)(CC)c1ccccc1.CC[N+](CC)(CC)c1ccccc1.O=C([O-])/C=C\C(=O)[O-]. The van der Waals surface area contributed by atoms with E-state index in [2.05, 4.69) is 102 Å². The third-order valence-corrected chi connectivity index (χ3v) is 6.60. The summed E-state index contributed by atoms with van der Waals surface area (Å²) in [7, 11) is 0. The molecule has 0 aromatic heterocycles. The summed E-state index contributed by atoms with van der Waals surface area (Å²) < 4.78 is 2.20. The Labute approximate surface area is 206 Å². The summed E-state index contributed by atoms with van der Waals surface area (Å²) in [6, 6.07) is 21.6. The fraction of sp³-hybridized carbons (Fsp3) is 0.429. The van der Waals surface area contributed by atoms with Crippen LogP contribution < -0.4 is 19.2 Å². The second-order valence-corrected chi connectivity index (χ2v) is 7.83. The van der Waals surface area contributed by atoms with Crippen molar-refractivity contribution in [3.63, 3.8) is 0 Å². The molecule has 0 amide bonds. The summed E-state index contributed by atoms with van der Waals surface area (Å²) in [6.07, 6.45) is 0.769. The van der Waals surface area contributed by atoms with E-state index in [0.29, 0.717) is 12.2 Å². The molecule has 34 heavy (non-hydrogen) atoms. The van der Waals surface area contributed by atoms with Crippen molar-refractivity contribution in [2.24, 2.45) is 0 Å². The largest absolute Gasteiger partial charge is 0.545 e. The first-order chi connectivity index (χ1) is 16.2. The second kappa shape index (κ2) is 16.6. The van der Waals surface area contributed by atoms with Crippen LogP contribution in [0, 0.1) is 0 Å². The predicted octanol–water partition coefficient (Wildman–Crippen LogP) is 3.15. The number of quaternary nitrogens is 2. The molecule has 0 heterocycles. The molecule has 0 aliphatic carbocycles. The maximum Gasteiger partial charge on any atom is 0.132 e. The molecule has 0 spiro atoms. The summed E-state index contributed by atoms with van der Waals surface area (Å²) in [5.41, 5.74) is 2.88. The zero-order valence-corrected chi connectivity index (χ0v) is 21.7. The maximum absolute atomic E-state index is 9.41. The quantitative estimate of drug-likeness (QED) is 0.395. The number of aliphatic carboxylic acids is 2. The minimum Gasteiger partial charge on any atom is -0.545 e. The first-order valence-electron chi connectivity index (χ1n) is 12.1. The van der Waals surface area contributed by atoms with Gasteiger partial charge >= 0.3 is 0 Å². The average Bonchev–Trinajstić information content (AvgIpc) is 2.88. The van der Waals surface area contributed by atoms with Gasteiger partial charge in [0.1, 0.15) is 11.4 Å². The van der Waals surface area contributed by atoms with Crippen LogP contribution in [0.15, 0.2) is 72.8 Å². The number of benzene rings is 2. The number of nitrogens with zero attached hydrogens (tertiary/aromatic N) is 2. The van der Waals surface area contributed by atoms with Crippen LogP contribution in [0.25, 0.3) is 0 Å². The zero-order valence-electron chi connectivity index (χ0n) is 21.7. The normalized spacial score (nSPS) is 11.1. The Balaban J connectivity index is 0.000000497. The van der Waals surface area contributed by atoms with Gasteiger partial charge in [-0.15, -0.1) is 0 Å². The molecule has 0 bridgehead atoms. The van der Waals surface area contributed by atoms with Crippen molar-refractivity contribution in [1.82, 2.24) is 8.97 Å². The molecule has 2 aromatic rings. The smallest absolute Gasteiger partial charge is 0.132 e. The number of carbonyl (C=O) groups excluding carboxylic acids is 2. The average molecular weight is 471 g/mol.